The number of hydrogen-bond donors (Lipinski definition) is 0. The van der Waals surface area contributed by atoms with Crippen LogP contribution in [0.2, 0.25) is 0 Å². The molecule has 1 unspecified atom stereocenters. The van der Waals surface area contributed by atoms with E-state index in [1.165, 1.54) is 24.3 Å². The topological polar surface area (TPSA) is 44.1 Å². The lowest BCUT2D eigenvalue weighted by Gasteiger charge is -2.32. The van der Waals surface area contributed by atoms with Crippen molar-refractivity contribution in [1.82, 2.24) is 4.90 Å². The van der Waals surface area contributed by atoms with Gasteiger partial charge in [0.15, 0.2) is 0 Å². The Labute approximate surface area is 152 Å². The molecule has 1 saturated carbocycles. The molecule has 0 bridgehead atoms. The average Bonchev–Trinajstić information content (AvgIpc) is 3.43. The van der Waals surface area contributed by atoms with Gasteiger partial charge in [0, 0.05) is 24.1 Å². The molecule has 0 aliphatic heterocycles. The van der Waals surface area contributed by atoms with Crippen LogP contribution in [0, 0.1) is 11.3 Å². The van der Waals surface area contributed by atoms with Gasteiger partial charge in [-0.3, -0.25) is 4.79 Å². The molecule has 1 aliphatic rings. The van der Waals surface area contributed by atoms with E-state index in [9.17, 15) is 18.0 Å². The highest BCUT2D eigenvalue weighted by atomic mass is 19.4. The van der Waals surface area contributed by atoms with Crippen LogP contribution in [0.4, 0.5) is 13.2 Å². The molecule has 0 heterocycles. The Morgan fingerprint density at radius 1 is 1.27 bits per heavy atom. The largest absolute Gasteiger partial charge is 0.395 e. The van der Waals surface area contributed by atoms with Crippen molar-refractivity contribution in [1.29, 1.82) is 5.26 Å². The number of benzene rings is 1. The van der Waals surface area contributed by atoms with E-state index in [4.69, 9.17) is 5.26 Å². The van der Waals surface area contributed by atoms with Gasteiger partial charge in [0.2, 0.25) is 0 Å². The molecule has 0 radical (unpaired) electrons. The Kier molecular flexibility index (Phi) is 6.69. The highest BCUT2D eigenvalue weighted by molar-refractivity contribution is 5.95. The third kappa shape index (κ3) is 5.00. The Morgan fingerprint density at radius 3 is 2.35 bits per heavy atom. The molecular weight excluding hydrogens is 341 g/mol. The molecule has 1 amide bonds. The first-order valence-corrected chi connectivity index (χ1v) is 9.15. The monoisotopic (exact) mass is 366 g/mol. The molecule has 2 rings (SSSR count). The first-order chi connectivity index (χ1) is 12.3. The Morgan fingerprint density at radius 2 is 1.88 bits per heavy atom. The quantitative estimate of drug-likeness (QED) is 0.616. The lowest BCUT2D eigenvalue weighted by molar-refractivity contribution is -0.146. The summed E-state index contributed by atoms with van der Waals surface area (Å²) in [4.78, 5) is 14.9. The molecular formula is C20H25F3N2O. The summed E-state index contributed by atoms with van der Waals surface area (Å²) in [6.07, 6.45) is 0.360. The van der Waals surface area contributed by atoms with Crippen LogP contribution in [0.5, 0.6) is 0 Å². The highest BCUT2D eigenvalue weighted by Gasteiger charge is 2.38. The minimum Gasteiger partial charge on any atom is -0.333 e. The van der Waals surface area contributed by atoms with Crippen LogP contribution in [-0.4, -0.2) is 29.1 Å². The number of carbonyl (C=O) groups excluding carboxylic acids is 1. The molecule has 1 aromatic rings. The summed E-state index contributed by atoms with van der Waals surface area (Å²) >= 11 is 0. The van der Waals surface area contributed by atoms with E-state index >= 15 is 0 Å². The summed E-state index contributed by atoms with van der Waals surface area (Å²) in [5.74, 6) is -1.70. The predicted octanol–water partition coefficient (Wildman–Crippen LogP) is 5.43. The van der Waals surface area contributed by atoms with Gasteiger partial charge in [-0.2, -0.15) is 18.4 Å². The van der Waals surface area contributed by atoms with Crippen molar-refractivity contribution in [2.75, 3.05) is 0 Å². The van der Waals surface area contributed by atoms with Gasteiger partial charge in [-0.05, 0) is 50.3 Å². The molecule has 2 atom stereocenters. The summed E-state index contributed by atoms with van der Waals surface area (Å²) in [6, 6.07) is 8.09. The maximum atomic E-state index is 13.0. The summed E-state index contributed by atoms with van der Waals surface area (Å²) in [7, 11) is 0. The zero-order chi connectivity index (χ0) is 19.3. The van der Waals surface area contributed by atoms with E-state index in [2.05, 4.69) is 6.07 Å². The van der Waals surface area contributed by atoms with Crippen LogP contribution in [0.15, 0.2) is 24.3 Å². The number of nitriles is 1. The number of rotatable bonds is 8. The van der Waals surface area contributed by atoms with E-state index in [-0.39, 0.29) is 23.6 Å². The predicted molar refractivity (Wildman–Crippen MR) is 93.6 cm³/mol. The molecule has 1 fully saturated rings. The van der Waals surface area contributed by atoms with Crippen molar-refractivity contribution < 1.29 is 18.0 Å². The third-order valence-corrected chi connectivity index (χ3v) is 4.93. The minimum absolute atomic E-state index is 0.00780. The number of halogens is 3. The molecule has 1 aromatic carbocycles. The molecule has 0 aromatic heterocycles. The van der Waals surface area contributed by atoms with Gasteiger partial charge in [-0.1, -0.05) is 25.5 Å². The Bertz CT molecular complexity index is 645. The third-order valence-electron chi connectivity index (χ3n) is 4.93. The van der Waals surface area contributed by atoms with Crippen molar-refractivity contribution in [2.24, 2.45) is 0 Å². The lowest BCUT2D eigenvalue weighted by Crippen LogP contribution is -2.42. The van der Waals surface area contributed by atoms with Gasteiger partial charge in [-0.15, -0.1) is 0 Å². The highest BCUT2D eigenvalue weighted by Crippen LogP contribution is 2.35. The molecule has 1 aliphatic carbocycles. The molecule has 0 spiro atoms. The number of alkyl halides is 3. The van der Waals surface area contributed by atoms with Gasteiger partial charge in [0.05, 0.1) is 12.0 Å². The number of hydrogen-bond acceptors (Lipinski definition) is 2. The lowest BCUT2D eigenvalue weighted by atomic mass is 9.98. The van der Waals surface area contributed by atoms with Gasteiger partial charge < -0.3 is 4.90 Å². The van der Waals surface area contributed by atoms with Crippen LogP contribution in [0.3, 0.4) is 0 Å². The minimum atomic E-state index is -4.30. The van der Waals surface area contributed by atoms with E-state index in [0.717, 1.165) is 32.6 Å². The van der Waals surface area contributed by atoms with Crippen LogP contribution in [0.1, 0.15) is 74.2 Å². The van der Waals surface area contributed by atoms with Crippen molar-refractivity contribution in [3.05, 3.63) is 35.4 Å². The summed E-state index contributed by atoms with van der Waals surface area (Å²) in [5, 5.41) is 8.88. The van der Waals surface area contributed by atoms with E-state index in [1.807, 2.05) is 11.8 Å². The maximum absolute atomic E-state index is 13.0. The Hall–Kier alpha value is -2.03. The van der Waals surface area contributed by atoms with E-state index in [1.54, 1.807) is 0 Å². The van der Waals surface area contributed by atoms with Crippen LogP contribution >= 0.6 is 0 Å². The van der Waals surface area contributed by atoms with Gasteiger partial charge in [-0.25, -0.2) is 0 Å². The summed E-state index contributed by atoms with van der Waals surface area (Å²) < 4.78 is 38.5. The molecule has 6 heteroatoms. The second-order valence-electron chi connectivity index (χ2n) is 6.97. The molecule has 26 heavy (non-hydrogen) atoms. The van der Waals surface area contributed by atoms with E-state index in [0.29, 0.717) is 18.4 Å². The van der Waals surface area contributed by atoms with Crippen LogP contribution in [-0.2, 0) is 0 Å². The molecule has 0 saturated heterocycles. The smallest absolute Gasteiger partial charge is 0.333 e. The zero-order valence-corrected chi connectivity index (χ0v) is 15.2. The van der Waals surface area contributed by atoms with Crippen LogP contribution < -0.4 is 0 Å². The average molecular weight is 366 g/mol. The normalized spacial score (nSPS) is 16.6. The molecule has 0 N–H and O–H groups in total. The zero-order valence-electron chi connectivity index (χ0n) is 15.2. The van der Waals surface area contributed by atoms with E-state index < -0.39 is 12.1 Å². The molecule has 142 valence electrons. The SMILES string of the molecule is CCCC(CCC#N)N(C(=O)c1ccc([C@@H](C)C(F)(F)F)cc1)C1CC1. The molecule has 3 nitrogen and oxygen atoms in total. The van der Waals surface area contributed by atoms with Crippen molar-refractivity contribution in [3.63, 3.8) is 0 Å². The fourth-order valence-corrected chi connectivity index (χ4v) is 3.22. The number of nitrogens with zero attached hydrogens (tertiary/aromatic N) is 2. The van der Waals surface area contributed by atoms with Gasteiger partial charge in [0.1, 0.15) is 0 Å². The summed E-state index contributed by atoms with van der Waals surface area (Å²) in [5.41, 5.74) is 0.565. The van der Waals surface area contributed by atoms with Crippen molar-refractivity contribution >= 4 is 5.91 Å². The fraction of sp³-hybridized carbons (Fsp3) is 0.600. The maximum Gasteiger partial charge on any atom is 0.395 e. The second kappa shape index (κ2) is 8.57. The van der Waals surface area contributed by atoms with Crippen LogP contribution in [0.25, 0.3) is 0 Å². The Balaban J connectivity index is 2.19. The first kappa shape index (κ1) is 20.3. The van der Waals surface area contributed by atoms with Crippen molar-refractivity contribution in [2.45, 2.75) is 76.6 Å². The fourth-order valence-electron chi connectivity index (χ4n) is 3.22. The summed E-state index contributed by atoms with van der Waals surface area (Å²) in [6.45, 7) is 3.16. The first-order valence-electron chi connectivity index (χ1n) is 9.15. The van der Waals surface area contributed by atoms with Gasteiger partial charge in [0.25, 0.3) is 5.91 Å². The number of carbonyl (C=O) groups is 1. The number of amides is 1. The second-order valence-corrected chi connectivity index (χ2v) is 6.97. The van der Waals surface area contributed by atoms with Gasteiger partial charge >= 0.3 is 6.18 Å². The standard InChI is InChI=1S/C20H25F3N2O/c1-3-5-17(6-4-13-24)25(18-11-12-18)19(26)16-9-7-15(8-10-16)14(2)20(21,22)23/h7-10,14,17-18H,3-6,11-12H2,1-2H3/t14-,17?/m1/s1. The van der Waals surface area contributed by atoms with Crippen molar-refractivity contribution in [3.8, 4) is 6.07 Å².